The molecule has 1 amide bonds. The van der Waals surface area contributed by atoms with Crippen molar-refractivity contribution < 1.29 is 9.90 Å². The van der Waals surface area contributed by atoms with Crippen molar-refractivity contribution in [1.82, 2.24) is 15.2 Å². The van der Waals surface area contributed by atoms with Gasteiger partial charge in [-0.15, -0.1) is 0 Å². The molecule has 1 atom stereocenters. The van der Waals surface area contributed by atoms with Gasteiger partial charge in [0, 0.05) is 24.5 Å². The summed E-state index contributed by atoms with van der Waals surface area (Å²) in [4.78, 5) is 18.6. The van der Waals surface area contributed by atoms with Crippen molar-refractivity contribution in [2.45, 2.75) is 25.8 Å². The van der Waals surface area contributed by atoms with E-state index >= 15 is 0 Å². The van der Waals surface area contributed by atoms with E-state index in [1.807, 2.05) is 13.0 Å². The molecule has 1 saturated heterocycles. The predicted octanol–water partition coefficient (Wildman–Crippen LogP) is 1.33. The number of aromatic amines is 1. The molecule has 2 aromatic rings. The van der Waals surface area contributed by atoms with Crippen LogP contribution in [0.5, 0.6) is 0 Å². The molecule has 116 valence electrons. The first-order valence-corrected chi connectivity index (χ1v) is 7.34. The van der Waals surface area contributed by atoms with Crippen molar-refractivity contribution in [3.05, 3.63) is 35.7 Å². The summed E-state index contributed by atoms with van der Waals surface area (Å²) in [5.74, 6) is 1.04. The fraction of sp³-hybridized carbons (Fsp3) is 0.400. The van der Waals surface area contributed by atoms with Crippen LogP contribution in [0.2, 0.25) is 0 Å². The van der Waals surface area contributed by atoms with Crippen LogP contribution in [0.4, 0.5) is 11.6 Å². The minimum atomic E-state index is -0.245. The zero-order valence-corrected chi connectivity index (χ0v) is 12.4. The molecule has 7 nitrogen and oxygen atoms in total. The Balaban J connectivity index is 1.69. The summed E-state index contributed by atoms with van der Waals surface area (Å²) in [7, 11) is 0. The molecule has 1 aliphatic rings. The van der Waals surface area contributed by atoms with E-state index in [2.05, 4.69) is 25.4 Å². The molecule has 2 aromatic heterocycles. The van der Waals surface area contributed by atoms with Crippen LogP contribution in [0.1, 0.15) is 28.9 Å². The van der Waals surface area contributed by atoms with Crippen molar-refractivity contribution in [2.24, 2.45) is 0 Å². The Labute approximate surface area is 128 Å². The van der Waals surface area contributed by atoms with Gasteiger partial charge in [0.15, 0.2) is 5.82 Å². The van der Waals surface area contributed by atoms with E-state index in [0.29, 0.717) is 11.4 Å². The van der Waals surface area contributed by atoms with E-state index in [1.165, 1.54) is 0 Å². The monoisotopic (exact) mass is 301 g/mol. The van der Waals surface area contributed by atoms with Gasteiger partial charge in [-0.05, 0) is 31.9 Å². The van der Waals surface area contributed by atoms with Crippen molar-refractivity contribution in [3.8, 4) is 0 Å². The summed E-state index contributed by atoms with van der Waals surface area (Å²) in [5, 5.41) is 18.8. The third kappa shape index (κ3) is 2.94. The predicted molar refractivity (Wildman–Crippen MR) is 83.0 cm³/mol. The second kappa shape index (κ2) is 6.15. The maximum atomic E-state index is 12.1. The van der Waals surface area contributed by atoms with Crippen LogP contribution in [-0.4, -0.2) is 45.4 Å². The van der Waals surface area contributed by atoms with Crippen LogP contribution in [0.15, 0.2) is 24.4 Å². The summed E-state index contributed by atoms with van der Waals surface area (Å²) in [6.07, 6.45) is 3.57. The van der Waals surface area contributed by atoms with Gasteiger partial charge in [-0.3, -0.25) is 9.89 Å². The molecule has 3 N–H and O–H groups in total. The molecular formula is C15H19N5O2. The first kappa shape index (κ1) is 14.5. The number of aliphatic hydroxyl groups excluding tert-OH is 1. The standard InChI is InChI=1S/C15H19N5O2/c1-10-7-13(19-18-10)17-15(22)11-4-5-14(16-8-11)20-6-2-3-12(20)9-21/h4-5,7-8,12,21H,2-3,6,9H2,1H3,(H2,17,18,19,22). The maximum absolute atomic E-state index is 12.1. The largest absolute Gasteiger partial charge is 0.394 e. The zero-order valence-electron chi connectivity index (χ0n) is 12.4. The molecule has 0 aromatic carbocycles. The molecule has 7 heteroatoms. The highest BCUT2D eigenvalue weighted by atomic mass is 16.3. The Morgan fingerprint density at radius 1 is 1.55 bits per heavy atom. The third-order valence-electron chi connectivity index (χ3n) is 3.84. The molecular weight excluding hydrogens is 282 g/mol. The number of amides is 1. The van der Waals surface area contributed by atoms with E-state index in [-0.39, 0.29) is 18.6 Å². The van der Waals surface area contributed by atoms with E-state index in [0.717, 1.165) is 30.9 Å². The van der Waals surface area contributed by atoms with Crippen LogP contribution in [0, 0.1) is 6.92 Å². The smallest absolute Gasteiger partial charge is 0.258 e. The number of aliphatic hydroxyl groups is 1. The van der Waals surface area contributed by atoms with Crippen LogP contribution in [0.25, 0.3) is 0 Å². The van der Waals surface area contributed by atoms with E-state index in [1.54, 1.807) is 18.3 Å². The zero-order chi connectivity index (χ0) is 15.5. The third-order valence-corrected chi connectivity index (χ3v) is 3.84. The summed E-state index contributed by atoms with van der Waals surface area (Å²) >= 11 is 0. The Kier molecular flexibility index (Phi) is 4.06. The molecule has 22 heavy (non-hydrogen) atoms. The number of aryl methyl sites for hydroxylation is 1. The van der Waals surface area contributed by atoms with E-state index < -0.39 is 0 Å². The number of nitrogens with zero attached hydrogens (tertiary/aromatic N) is 3. The average molecular weight is 301 g/mol. The molecule has 0 aliphatic carbocycles. The Morgan fingerprint density at radius 2 is 2.41 bits per heavy atom. The van der Waals surface area contributed by atoms with Gasteiger partial charge < -0.3 is 15.3 Å². The number of anilines is 2. The lowest BCUT2D eigenvalue weighted by atomic mass is 10.2. The number of aromatic nitrogens is 3. The molecule has 1 aliphatic heterocycles. The quantitative estimate of drug-likeness (QED) is 0.792. The average Bonchev–Trinajstić information content (AvgIpc) is 3.16. The van der Waals surface area contributed by atoms with Crippen molar-refractivity contribution in [3.63, 3.8) is 0 Å². The topological polar surface area (TPSA) is 94.1 Å². The van der Waals surface area contributed by atoms with Crippen LogP contribution < -0.4 is 10.2 Å². The summed E-state index contributed by atoms with van der Waals surface area (Å²) < 4.78 is 0. The van der Waals surface area contributed by atoms with Gasteiger partial charge in [-0.25, -0.2) is 4.98 Å². The van der Waals surface area contributed by atoms with Crippen LogP contribution in [0.3, 0.4) is 0 Å². The number of carbonyl (C=O) groups excluding carboxylic acids is 1. The molecule has 0 bridgehead atoms. The Bertz CT molecular complexity index is 652. The highest BCUT2D eigenvalue weighted by molar-refractivity contribution is 6.03. The van der Waals surface area contributed by atoms with Crippen molar-refractivity contribution in [1.29, 1.82) is 0 Å². The van der Waals surface area contributed by atoms with Gasteiger partial charge in [0.25, 0.3) is 5.91 Å². The maximum Gasteiger partial charge on any atom is 0.258 e. The number of carbonyl (C=O) groups is 1. The van der Waals surface area contributed by atoms with Gasteiger partial charge in [-0.2, -0.15) is 5.10 Å². The van der Waals surface area contributed by atoms with Crippen molar-refractivity contribution >= 4 is 17.5 Å². The summed E-state index contributed by atoms with van der Waals surface area (Å²) in [5.41, 5.74) is 1.36. The number of hydrogen-bond donors (Lipinski definition) is 3. The second-order valence-electron chi connectivity index (χ2n) is 5.47. The van der Waals surface area contributed by atoms with Gasteiger partial charge >= 0.3 is 0 Å². The highest BCUT2D eigenvalue weighted by Gasteiger charge is 2.24. The normalized spacial score (nSPS) is 17.7. The Hall–Kier alpha value is -2.41. The first-order valence-electron chi connectivity index (χ1n) is 7.34. The number of pyridine rings is 1. The van der Waals surface area contributed by atoms with Gasteiger partial charge in [0.05, 0.1) is 18.2 Å². The molecule has 3 rings (SSSR count). The minimum Gasteiger partial charge on any atom is -0.394 e. The number of H-pyrrole nitrogens is 1. The van der Waals surface area contributed by atoms with Crippen molar-refractivity contribution in [2.75, 3.05) is 23.4 Å². The fourth-order valence-corrected chi connectivity index (χ4v) is 2.69. The number of nitrogens with one attached hydrogen (secondary N) is 2. The molecule has 1 fully saturated rings. The molecule has 3 heterocycles. The van der Waals surface area contributed by atoms with Crippen LogP contribution in [-0.2, 0) is 0 Å². The first-order chi connectivity index (χ1) is 10.7. The Morgan fingerprint density at radius 3 is 3.05 bits per heavy atom. The molecule has 0 saturated carbocycles. The molecule has 0 radical (unpaired) electrons. The lowest BCUT2D eigenvalue weighted by molar-refractivity contribution is 0.102. The fourth-order valence-electron chi connectivity index (χ4n) is 2.69. The van der Waals surface area contributed by atoms with Gasteiger partial charge in [-0.1, -0.05) is 0 Å². The minimum absolute atomic E-state index is 0.124. The lowest BCUT2D eigenvalue weighted by Gasteiger charge is -2.24. The second-order valence-corrected chi connectivity index (χ2v) is 5.47. The van der Waals surface area contributed by atoms with Gasteiger partial charge in [0.2, 0.25) is 0 Å². The lowest BCUT2D eigenvalue weighted by Crippen LogP contribution is -2.32. The summed E-state index contributed by atoms with van der Waals surface area (Å²) in [6, 6.07) is 5.44. The van der Waals surface area contributed by atoms with E-state index in [9.17, 15) is 9.90 Å². The van der Waals surface area contributed by atoms with Crippen LogP contribution >= 0.6 is 0 Å². The van der Waals surface area contributed by atoms with Gasteiger partial charge in [0.1, 0.15) is 5.82 Å². The molecule has 0 spiro atoms. The highest BCUT2D eigenvalue weighted by Crippen LogP contribution is 2.23. The van der Waals surface area contributed by atoms with E-state index in [4.69, 9.17) is 0 Å². The number of hydrogen-bond acceptors (Lipinski definition) is 5. The molecule has 1 unspecified atom stereocenters. The summed E-state index contributed by atoms with van der Waals surface area (Å²) in [6.45, 7) is 2.88. The SMILES string of the molecule is Cc1cc(NC(=O)c2ccc(N3CCCC3CO)nc2)n[nH]1. The number of rotatable bonds is 4.